The van der Waals surface area contributed by atoms with Crippen molar-refractivity contribution in [3.63, 3.8) is 0 Å². The van der Waals surface area contributed by atoms with Crippen molar-refractivity contribution in [3.8, 4) is 11.5 Å². The Labute approximate surface area is 156 Å². The largest absolute Gasteiger partial charge is 0.493 e. The van der Waals surface area contributed by atoms with E-state index in [9.17, 15) is 4.79 Å². The maximum atomic E-state index is 13.2. The van der Waals surface area contributed by atoms with Gasteiger partial charge in [-0.15, -0.1) is 0 Å². The first-order chi connectivity index (χ1) is 12.2. The molecule has 2 fully saturated rings. The minimum atomic E-state index is -0.322. The fraction of sp³-hybridized carbons (Fsp3) is 0.611. The number of hydrogen-bond donors (Lipinski definition) is 0. The Hall–Kier alpha value is -1.31. The molecule has 2 heterocycles. The van der Waals surface area contributed by atoms with Gasteiger partial charge in [-0.1, -0.05) is 0 Å². The van der Waals surface area contributed by atoms with E-state index in [-0.39, 0.29) is 18.2 Å². The number of likely N-dealkylation sites (tertiary alicyclic amines) is 1. The molecule has 0 N–H and O–H groups in total. The topological polar surface area (TPSA) is 57.2 Å². The van der Waals surface area contributed by atoms with Gasteiger partial charge in [0.05, 0.1) is 37.4 Å². The summed E-state index contributed by atoms with van der Waals surface area (Å²) in [5, 5.41) is 0. The normalized spacial score (nSPS) is 21.4. The van der Waals surface area contributed by atoms with Gasteiger partial charge < -0.3 is 23.8 Å². The molecule has 138 valence electrons. The molecule has 0 aromatic heterocycles. The molecule has 25 heavy (non-hydrogen) atoms. The minimum absolute atomic E-state index is 0.0363. The second-order valence-electron chi connectivity index (χ2n) is 6.09. The molecule has 2 aliphatic rings. The predicted molar refractivity (Wildman–Crippen MR) is 96.2 cm³/mol. The van der Waals surface area contributed by atoms with E-state index in [2.05, 4.69) is 15.9 Å². The van der Waals surface area contributed by atoms with Crippen molar-refractivity contribution in [1.29, 1.82) is 0 Å². The van der Waals surface area contributed by atoms with E-state index in [1.54, 1.807) is 19.2 Å². The molecule has 0 radical (unpaired) electrons. The van der Waals surface area contributed by atoms with E-state index in [4.69, 9.17) is 18.9 Å². The summed E-state index contributed by atoms with van der Waals surface area (Å²) in [6.07, 6.45) is 2.64. The highest BCUT2D eigenvalue weighted by Gasteiger charge is 2.36. The van der Waals surface area contributed by atoms with Crippen molar-refractivity contribution >= 4 is 21.8 Å². The molecular weight excluding hydrogens is 390 g/mol. The Kier molecular flexibility index (Phi) is 6.19. The van der Waals surface area contributed by atoms with Gasteiger partial charge in [-0.2, -0.15) is 0 Å². The fourth-order valence-electron chi connectivity index (χ4n) is 3.38. The maximum Gasteiger partial charge on any atom is 0.254 e. The van der Waals surface area contributed by atoms with E-state index in [0.717, 1.165) is 19.3 Å². The van der Waals surface area contributed by atoms with Crippen LogP contribution in [0.2, 0.25) is 0 Å². The first-order valence-corrected chi connectivity index (χ1v) is 9.49. The first-order valence-electron chi connectivity index (χ1n) is 8.70. The van der Waals surface area contributed by atoms with E-state index in [0.29, 0.717) is 47.9 Å². The number of rotatable bonds is 5. The third kappa shape index (κ3) is 3.93. The van der Waals surface area contributed by atoms with Crippen LogP contribution in [0, 0.1) is 0 Å². The van der Waals surface area contributed by atoms with E-state index in [1.807, 2.05) is 11.8 Å². The van der Waals surface area contributed by atoms with Crippen LogP contribution in [0.3, 0.4) is 0 Å². The van der Waals surface area contributed by atoms with Crippen LogP contribution in [0.1, 0.15) is 36.5 Å². The Morgan fingerprint density at radius 2 is 2.08 bits per heavy atom. The van der Waals surface area contributed by atoms with Gasteiger partial charge in [0.1, 0.15) is 0 Å². The minimum Gasteiger partial charge on any atom is -0.493 e. The van der Waals surface area contributed by atoms with Gasteiger partial charge >= 0.3 is 0 Å². The van der Waals surface area contributed by atoms with Gasteiger partial charge in [0.2, 0.25) is 0 Å². The highest BCUT2D eigenvalue weighted by Crippen LogP contribution is 2.37. The number of halogens is 1. The quantitative estimate of drug-likeness (QED) is 0.741. The number of amides is 1. The number of carbonyl (C=O) groups excluding carboxylic acids is 1. The molecule has 0 saturated carbocycles. The average molecular weight is 414 g/mol. The van der Waals surface area contributed by atoms with Gasteiger partial charge in [-0.05, 0) is 54.2 Å². The van der Waals surface area contributed by atoms with Crippen LogP contribution < -0.4 is 9.47 Å². The zero-order valence-corrected chi connectivity index (χ0v) is 16.2. The van der Waals surface area contributed by atoms with Crippen LogP contribution in [-0.4, -0.2) is 56.6 Å². The van der Waals surface area contributed by atoms with Crippen molar-refractivity contribution in [3.05, 3.63) is 22.2 Å². The van der Waals surface area contributed by atoms with Crippen LogP contribution in [-0.2, 0) is 9.47 Å². The molecule has 1 atom stereocenters. The zero-order valence-electron chi connectivity index (χ0n) is 14.6. The highest BCUT2D eigenvalue weighted by atomic mass is 79.9. The van der Waals surface area contributed by atoms with E-state index >= 15 is 0 Å². The molecule has 0 spiro atoms. The lowest BCUT2D eigenvalue weighted by Gasteiger charge is -2.38. The summed E-state index contributed by atoms with van der Waals surface area (Å²) in [5.74, 6) is 1.12. The molecular formula is C18H24BrNO5. The SMILES string of the molecule is CCOc1c(Br)cc(C(=O)N2CCCCC2C2OCCO2)cc1OC. The third-order valence-electron chi connectivity index (χ3n) is 4.54. The standard InChI is InChI=1S/C18H24BrNO5/c1-3-23-16-13(19)10-12(11-15(16)22-2)17(21)20-7-5-4-6-14(20)18-24-8-9-25-18/h10-11,14,18H,3-9H2,1-2H3. The summed E-state index contributed by atoms with van der Waals surface area (Å²) in [4.78, 5) is 15.0. The van der Waals surface area contributed by atoms with Crippen LogP contribution in [0.5, 0.6) is 11.5 Å². The first kappa shape index (κ1) is 18.5. The number of nitrogens with zero attached hydrogens (tertiary/aromatic N) is 1. The number of carbonyl (C=O) groups is 1. The van der Waals surface area contributed by atoms with E-state index in [1.165, 1.54) is 0 Å². The van der Waals surface area contributed by atoms with Gasteiger partial charge in [0, 0.05) is 12.1 Å². The number of hydrogen-bond acceptors (Lipinski definition) is 5. The lowest BCUT2D eigenvalue weighted by atomic mass is 10.00. The molecule has 1 aromatic rings. The predicted octanol–water partition coefficient (Wildman–Crippen LogP) is 3.22. The summed E-state index contributed by atoms with van der Waals surface area (Å²) in [7, 11) is 1.57. The molecule has 0 aliphatic carbocycles. The molecule has 1 aromatic carbocycles. The summed E-state index contributed by atoms with van der Waals surface area (Å²) in [6, 6.07) is 3.48. The molecule has 0 bridgehead atoms. The van der Waals surface area contributed by atoms with Crippen molar-refractivity contribution in [2.75, 3.05) is 33.5 Å². The Morgan fingerprint density at radius 3 is 2.76 bits per heavy atom. The van der Waals surface area contributed by atoms with Gasteiger partial charge in [-0.25, -0.2) is 0 Å². The molecule has 1 amide bonds. The third-order valence-corrected chi connectivity index (χ3v) is 5.13. The number of benzene rings is 1. The monoisotopic (exact) mass is 413 g/mol. The summed E-state index contributed by atoms with van der Waals surface area (Å²) < 4.78 is 23.0. The van der Waals surface area contributed by atoms with Crippen molar-refractivity contribution in [2.24, 2.45) is 0 Å². The Balaban J connectivity index is 1.86. The van der Waals surface area contributed by atoms with Crippen molar-refractivity contribution in [1.82, 2.24) is 4.90 Å². The molecule has 2 aliphatic heterocycles. The van der Waals surface area contributed by atoms with Crippen LogP contribution in [0.15, 0.2) is 16.6 Å². The number of piperidine rings is 1. The Morgan fingerprint density at radius 1 is 1.32 bits per heavy atom. The molecule has 6 nitrogen and oxygen atoms in total. The van der Waals surface area contributed by atoms with Crippen LogP contribution in [0.4, 0.5) is 0 Å². The lowest BCUT2D eigenvalue weighted by Crippen LogP contribution is -2.50. The van der Waals surface area contributed by atoms with Crippen LogP contribution >= 0.6 is 15.9 Å². The number of ether oxygens (including phenoxy) is 4. The maximum absolute atomic E-state index is 13.2. The summed E-state index contributed by atoms with van der Waals surface area (Å²) in [6.45, 7) is 4.31. The fourth-order valence-corrected chi connectivity index (χ4v) is 3.94. The van der Waals surface area contributed by atoms with Gasteiger partial charge in [0.15, 0.2) is 17.8 Å². The molecule has 3 rings (SSSR count). The molecule has 1 unspecified atom stereocenters. The van der Waals surface area contributed by atoms with Gasteiger partial charge in [-0.3, -0.25) is 4.79 Å². The highest BCUT2D eigenvalue weighted by molar-refractivity contribution is 9.10. The average Bonchev–Trinajstić information content (AvgIpc) is 3.17. The van der Waals surface area contributed by atoms with Gasteiger partial charge in [0.25, 0.3) is 5.91 Å². The molecule has 2 saturated heterocycles. The Bertz CT molecular complexity index is 618. The lowest BCUT2D eigenvalue weighted by molar-refractivity contribution is -0.100. The molecule has 7 heteroatoms. The summed E-state index contributed by atoms with van der Waals surface area (Å²) in [5.41, 5.74) is 0.567. The smallest absolute Gasteiger partial charge is 0.254 e. The second-order valence-corrected chi connectivity index (χ2v) is 6.95. The number of methoxy groups -OCH3 is 1. The van der Waals surface area contributed by atoms with Crippen molar-refractivity contribution < 1.29 is 23.7 Å². The zero-order chi connectivity index (χ0) is 17.8. The summed E-state index contributed by atoms with van der Waals surface area (Å²) >= 11 is 3.49. The van der Waals surface area contributed by atoms with E-state index < -0.39 is 0 Å². The van der Waals surface area contributed by atoms with Crippen LogP contribution in [0.25, 0.3) is 0 Å². The second kappa shape index (κ2) is 8.38. The van der Waals surface area contributed by atoms with Crippen molar-refractivity contribution in [2.45, 2.75) is 38.5 Å².